The highest BCUT2D eigenvalue weighted by atomic mass is 16.5. The van der Waals surface area contributed by atoms with Crippen molar-refractivity contribution in [3.8, 4) is 17.2 Å². The summed E-state index contributed by atoms with van der Waals surface area (Å²) in [7, 11) is 1.46. The molecule has 1 rings (SSSR count). The molecule has 4 heteroatoms. The van der Waals surface area contributed by atoms with Crippen molar-refractivity contribution in [1.29, 1.82) is 0 Å². The lowest BCUT2D eigenvalue weighted by atomic mass is 10.2. The summed E-state index contributed by atoms with van der Waals surface area (Å²) in [5.41, 5.74) is 0.731. The SMILES string of the molecule is COc1cc(C)c(OC(C)=O)cc1O. The van der Waals surface area contributed by atoms with E-state index in [0.717, 1.165) is 5.56 Å². The Kier molecular flexibility index (Phi) is 2.96. The van der Waals surface area contributed by atoms with Crippen LogP contribution in [-0.4, -0.2) is 18.2 Å². The smallest absolute Gasteiger partial charge is 0.308 e. The first-order valence-corrected chi connectivity index (χ1v) is 4.10. The van der Waals surface area contributed by atoms with Crippen LogP contribution < -0.4 is 9.47 Å². The Bertz CT molecular complexity index is 357. The molecule has 0 aliphatic heterocycles. The molecule has 0 fully saturated rings. The molecule has 1 aromatic rings. The maximum atomic E-state index is 10.7. The van der Waals surface area contributed by atoms with E-state index in [4.69, 9.17) is 9.47 Å². The minimum absolute atomic E-state index is 0.0469. The lowest BCUT2D eigenvalue weighted by molar-refractivity contribution is -0.131. The average molecular weight is 196 g/mol. The Morgan fingerprint density at radius 2 is 2.00 bits per heavy atom. The van der Waals surface area contributed by atoms with Gasteiger partial charge in [-0.1, -0.05) is 0 Å². The summed E-state index contributed by atoms with van der Waals surface area (Å²) in [5.74, 6) is 0.237. The fourth-order valence-electron chi connectivity index (χ4n) is 1.08. The first-order valence-electron chi connectivity index (χ1n) is 4.10. The fraction of sp³-hybridized carbons (Fsp3) is 0.300. The minimum Gasteiger partial charge on any atom is -0.504 e. The van der Waals surface area contributed by atoms with E-state index in [1.807, 2.05) is 0 Å². The van der Waals surface area contributed by atoms with E-state index in [9.17, 15) is 9.90 Å². The second-order valence-corrected chi connectivity index (χ2v) is 2.88. The zero-order chi connectivity index (χ0) is 10.7. The van der Waals surface area contributed by atoms with Crippen molar-refractivity contribution in [2.45, 2.75) is 13.8 Å². The Labute approximate surface area is 82.1 Å². The molecule has 14 heavy (non-hydrogen) atoms. The van der Waals surface area contributed by atoms with Crippen LogP contribution >= 0.6 is 0 Å². The summed E-state index contributed by atoms with van der Waals surface area (Å²) in [6, 6.07) is 2.96. The molecule has 0 unspecified atom stereocenters. The molecule has 0 radical (unpaired) electrons. The first kappa shape index (κ1) is 10.4. The normalized spacial score (nSPS) is 9.64. The number of hydrogen-bond donors (Lipinski definition) is 1. The van der Waals surface area contributed by atoms with Gasteiger partial charge in [-0.3, -0.25) is 4.79 Å². The summed E-state index contributed by atoms with van der Waals surface area (Å²) in [6.07, 6.45) is 0. The predicted molar refractivity (Wildman–Crippen MR) is 50.7 cm³/mol. The van der Waals surface area contributed by atoms with Crippen LogP contribution in [0.1, 0.15) is 12.5 Å². The fourth-order valence-corrected chi connectivity index (χ4v) is 1.08. The predicted octanol–water partition coefficient (Wildman–Crippen LogP) is 1.63. The summed E-state index contributed by atoms with van der Waals surface area (Å²) in [5, 5.41) is 9.41. The number of carbonyl (C=O) groups excluding carboxylic acids is 1. The van der Waals surface area contributed by atoms with E-state index < -0.39 is 5.97 Å². The summed E-state index contributed by atoms with van der Waals surface area (Å²) in [6.45, 7) is 3.07. The summed E-state index contributed by atoms with van der Waals surface area (Å²) >= 11 is 0. The van der Waals surface area contributed by atoms with Crippen LogP contribution in [0.4, 0.5) is 0 Å². The van der Waals surface area contributed by atoms with E-state index >= 15 is 0 Å². The molecule has 0 saturated heterocycles. The number of hydrogen-bond acceptors (Lipinski definition) is 4. The highest BCUT2D eigenvalue weighted by Gasteiger charge is 2.09. The van der Waals surface area contributed by atoms with Gasteiger partial charge in [-0.05, 0) is 18.6 Å². The van der Waals surface area contributed by atoms with Crippen LogP contribution in [0.5, 0.6) is 17.2 Å². The second-order valence-electron chi connectivity index (χ2n) is 2.88. The lowest BCUT2D eigenvalue weighted by Crippen LogP contribution is -2.02. The van der Waals surface area contributed by atoms with Gasteiger partial charge in [-0.2, -0.15) is 0 Å². The zero-order valence-electron chi connectivity index (χ0n) is 8.33. The quantitative estimate of drug-likeness (QED) is 0.577. The number of carbonyl (C=O) groups is 1. The van der Waals surface area contributed by atoms with Crippen molar-refractivity contribution in [3.05, 3.63) is 17.7 Å². The second kappa shape index (κ2) is 4.00. The molecule has 0 aromatic heterocycles. The number of rotatable bonds is 2. The topological polar surface area (TPSA) is 55.8 Å². The lowest BCUT2D eigenvalue weighted by Gasteiger charge is -2.09. The zero-order valence-corrected chi connectivity index (χ0v) is 8.33. The number of aromatic hydroxyl groups is 1. The van der Waals surface area contributed by atoms with Gasteiger partial charge < -0.3 is 14.6 Å². The van der Waals surface area contributed by atoms with Gasteiger partial charge in [0.05, 0.1) is 7.11 Å². The number of esters is 1. The van der Waals surface area contributed by atoms with Gasteiger partial charge in [-0.15, -0.1) is 0 Å². The molecule has 0 saturated carbocycles. The highest BCUT2D eigenvalue weighted by Crippen LogP contribution is 2.33. The number of methoxy groups -OCH3 is 1. The van der Waals surface area contributed by atoms with Gasteiger partial charge in [-0.25, -0.2) is 0 Å². The van der Waals surface area contributed by atoms with Crippen molar-refractivity contribution in [1.82, 2.24) is 0 Å². The molecule has 0 heterocycles. The molecule has 4 nitrogen and oxygen atoms in total. The number of phenols is 1. The summed E-state index contributed by atoms with van der Waals surface area (Å²) in [4.78, 5) is 10.7. The van der Waals surface area contributed by atoms with E-state index in [1.165, 1.54) is 20.1 Å². The van der Waals surface area contributed by atoms with Crippen LogP contribution in [-0.2, 0) is 4.79 Å². The van der Waals surface area contributed by atoms with Crippen LogP contribution in [0.15, 0.2) is 12.1 Å². The summed E-state index contributed by atoms with van der Waals surface area (Å²) < 4.78 is 9.77. The van der Waals surface area contributed by atoms with Crippen molar-refractivity contribution in [2.75, 3.05) is 7.11 Å². The van der Waals surface area contributed by atoms with E-state index in [-0.39, 0.29) is 5.75 Å². The van der Waals surface area contributed by atoms with Crippen LogP contribution in [0, 0.1) is 6.92 Å². The Morgan fingerprint density at radius 1 is 1.36 bits per heavy atom. The molecule has 0 aliphatic rings. The van der Waals surface area contributed by atoms with E-state index in [2.05, 4.69) is 0 Å². The number of benzene rings is 1. The number of phenolic OH excluding ortho intramolecular Hbond substituents is 1. The van der Waals surface area contributed by atoms with Crippen molar-refractivity contribution in [3.63, 3.8) is 0 Å². The molecule has 1 N–H and O–H groups in total. The highest BCUT2D eigenvalue weighted by molar-refractivity contribution is 5.70. The van der Waals surface area contributed by atoms with Gasteiger partial charge in [0.15, 0.2) is 11.5 Å². The standard InChI is InChI=1S/C10H12O4/c1-6-4-10(13-3)8(12)5-9(6)14-7(2)11/h4-5,12H,1-3H3. The average Bonchev–Trinajstić information content (AvgIpc) is 2.10. The third-order valence-electron chi connectivity index (χ3n) is 1.73. The van der Waals surface area contributed by atoms with Gasteiger partial charge in [0.25, 0.3) is 0 Å². The molecule has 1 aromatic carbocycles. The van der Waals surface area contributed by atoms with Crippen molar-refractivity contribution < 1.29 is 19.4 Å². The van der Waals surface area contributed by atoms with Crippen LogP contribution in [0.3, 0.4) is 0 Å². The van der Waals surface area contributed by atoms with Gasteiger partial charge in [0, 0.05) is 13.0 Å². The van der Waals surface area contributed by atoms with Gasteiger partial charge in [0.2, 0.25) is 0 Å². The molecule has 0 atom stereocenters. The first-order chi connectivity index (χ1) is 6.54. The molecule has 76 valence electrons. The number of ether oxygens (including phenoxy) is 2. The molecule has 0 bridgehead atoms. The third-order valence-corrected chi connectivity index (χ3v) is 1.73. The minimum atomic E-state index is -0.419. The maximum Gasteiger partial charge on any atom is 0.308 e. The Hall–Kier alpha value is -1.71. The molecule has 0 aliphatic carbocycles. The molecular formula is C10H12O4. The Balaban J connectivity index is 3.08. The third kappa shape index (κ3) is 2.16. The van der Waals surface area contributed by atoms with Gasteiger partial charge >= 0.3 is 5.97 Å². The Morgan fingerprint density at radius 3 is 2.50 bits per heavy atom. The van der Waals surface area contributed by atoms with Gasteiger partial charge in [0.1, 0.15) is 5.75 Å². The molecule has 0 amide bonds. The monoisotopic (exact) mass is 196 g/mol. The maximum absolute atomic E-state index is 10.7. The molecular weight excluding hydrogens is 184 g/mol. The van der Waals surface area contributed by atoms with Crippen molar-refractivity contribution >= 4 is 5.97 Å². The number of aryl methyl sites for hydroxylation is 1. The van der Waals surface area contributed by atoms with Crippen molar-refractivity contribution in [2.24, 2.45) is 0 Å². The molecule has 0 spiro atoms. The van der Waals surface area contributed by atoms with E-state index in [1.54, 1.807) is 13.0 Å². The van der Waals surface area contributed by atoms with Crippen LogP contribution in [0.25, 0.3) is 0 Å². The largest absolute Gasteiger partial charge is 0.504 e. The van der Waals surface area contributed by atoms with E-state index in [0.29, 0.717) is 11.5 Å². The van der Waals surface area contributed by atoms with Crippen LogP contribution in [0.2, 0.25) is 0 Å².